The Bertz CT molecular complexity index is 327. The van der Waals surface area contributed by atoms with Gasteiger partial charge in [0.2, 0.25) is 0 Å². The van der Waals surface area contributed by atoms with Crippen LogP contribution in [-0.2, 0) is 0 Å². The normalized spacial score (nSPS) is 10.1. The first-order valence-electron chi connectivity index (χ1n) is 3.69. The standard InChI is InChI=1S/C9H7BrClFO/c10-8-5-6(12)1-2-7(8)9(13)3-4-11/h1-2,5H,3-4H2. The van der Waals surface area contributed by atoms with Gasteiger partial charge in [0.05, 0.1) is 0 Å². The van der Waals surface area contributed by atoms with Crippen molar-refractivity contribution in [2.24, 2.45) is 0 Å². The molecule has 13 heavy (non-hydrogen) atoms. The Kier molecular flexibility index (Phi) is 3.88. The van der Waals surface area contributed by atoms with Crippen molar-refractivity contribution in [2.45, 2.75) is 6.42 Å². The van der Waals surface area contributed by atoms with Crippen LogP contribution in [0.3, 0.4) is 0 Å². The van der Waals surface area contributed by atoms with Crippen LogP contribution in [0.1, 0.15) is 16.8 Å². The fourth-order valence-corrected chi connectivity index (χ4v) is 1.68. The molecule has 1 rings (SSSR count). The molecule has 1 aromatic rings. The molecular formula is C9H7BrClFO. The third-order valence-corrected chi connectivity index (χ3v) is 2.40. The third-order valence-electron chi connectivity index (χ3n) is 1.55. The van der Waals surface area contributed by atoms with Gasteiger partial charge in [-0.05, 0) is 34.1 Å². The van der Waals surface area contributed by atoms with Gasteiger partial charge in [0.15, 0.2) is 5.78 Å². The molecule has 1 nitrogen and oxygen atoms in total. The largest absolute Gasteiger partial charge is 0.294 e. The van der Waals surface area contributed by atoms with Gasteiger partial charge >= 0.3 is 0 Å². The van der Waals surface area contributed by atoms with E-state index in [4.69, 9.17) is 11.6 Å². The number of benzene rings is 1. The monoisotopic (exact) mass is 264 g/mol. The van der Waals surface area contributed by atoms with E-state index in [0.717, 1.165) is 0 Å². The zero-order valence-electron chi connectivity index (χ0n) is 6.69. The van der Waals surface area contributed by atoms with Crippen molar-refractivity contribution in [3.05, 3.63) is 34.1 Å². The lowest BCUT2D eigenvalue weighted by Gasteiger charge is -2.01. The van der Waals surface area contributed by atoms with Crippen LogP contribution in [-0.4, -0.2) is 11.7 Å². The molecule has 0 aromatic heterocycles. The van der Waals surface area contributed by atoms with E-state index < -0.39 is 0 Å². The van der Waals surface area contributed by atoms with Crippen LogP contribution in [0.2, 0.25) is 0 Å². The van der Waals surface area contributed by atoms with E-state index in [0.29, 0.717) is 10.0 Å². The Hall–Kier alpha value is -0.410. The molecular weight excluding hydrogens is 258 g/mol. The van der Waals surface area contributed by atoms with Crippen molar-refractivity contribution >= 4 is 33.3 Å². The highest BCUT2D eigenvalue weighted by Gasteiger charge is 2.09. The van der Waals surface area contributed by atoms with Crippen LogP contribution in [0, 0.1) is 5.82 Å². The number of ketones is 1. The molecule has 0 fully saturated rings. The first kappa shape index (κ1) is 10.7. The quantitative estimate of drug-likeness (QED) is 0.605. The molecule has 0 aliphatic rings. The van der Waals surface area contributed by atoms with Gasteiger partial charge in [0, 0.05) is 22.3 Å². The molecule has 0 aliphatic carbocycles. The zero-order chi connectivity index (χ0) is 9.84. The molecule has 0 saturated carbocycles. The lowest BCUT2D eigenvalue weighted by Crippen LogP contribution is -2.00. The summed E-state index contributed by atoms with van der Waals surface area (Å²) in [6.45, 7) is 0. The smallest absolute Gasteiger partial charge is 0.165 e. The highest BCUT2D eigenvalue weighted by molar-refractivity contribution is 9.10. The number of Topliss-reactive ketones (excluding diaryl/α,β-unsaturated/α-hetero) is 1. The molecule has 0 atom stereocenters. The number of halogens is 3. The van der Waals surface area contributed by atoms with Gasteiger partial charge in [-0.1, -0.05) is 0 Å². The Morgan fingerprint density at radius 1 is 1.54 bits per heavy atom. The fourth-order valence-electron chi connectivity index (χ4n) is 0.936. The molecule has 0 unspecified atom stereocenters. The lowest BCUT2D eigenvalue weighted by atomic mass is 10.1. The Morgan fingerprint density at radius 2 is 2.23 bits per heavy atom. The summed E-state index contributed by atoms with van der Waals surface area (Å²) in [6.07, 6.45) is 0.270. The Morgan fingerprint density at radius 3 is 2.77 bits per heavy atom. The summed E-state index contributed by atoms with van der Waals surface area (Å²) in [6, 6.07) is 3.97. The average Bonchev–Trinajstić information content (AvgIpc) is 2.04. The molecule has 0 N–H and O–H groups in total. The van der Waals surface area contributed by atoms with E-state index in [1.54, 1.807) is 0 Å². The maximum Gasteiger partial charge on any atom is 0.165 e. The minimum Gasteiger partial charge on any atom is -0.294 e. The minimum absolute atomic E-state index is 0.0816. The lowest BCUT2D eigenvalue weighted by molar-refractivity contribution is 0.0988. The molecule has 0 amide bonds. The first-order chi connectivity index (χ1) is 6.15. The zero-order valence-corrected chi connectivity index (χ0v) is 9.03. The van der Waals surface area contributed by atoms with Gasteiger partial charge in [-0.25, -0.2) is 4.39 Å². The maximum atomic E-state index is 12.6. The first-order valence-corrected chi connectivity index (χ1v) is 5.02. The number of carbonyl (C=O) groups excluding carboxylic acids is 1. The highest BCUT2D eigenvalue weighted by Crippen LogP contribution is 2.19. The van der Waals surface area contributed by atoms with Gasteiger partial charge < -0.3 is 0 Å². The van der Waals surface area contributed by atoms with Crippen molar-refractivity contribution < 1.29 is 9.18 Å². The van der Waals surface area contributed by atoms with Gasteiger partial charge in [-0.15, -0.1) is 11.6 Å². The molecule has 0 radical (unpaired) electrons. The van der Waals surface area contributed by atoms with E-state index in [1.165, 1.54) is 18.2 Å². The number of alkyl halides is 1. The summed E-state index contributed by atoms with van der Waals surface area (Å²) in [7, 11) is 0. The van der Waals surface area contributed by atoms with Crippen LogP contribution >= 0.6 is 27.5 Å². The van der Waals surface area contributed by atoms with Gasteiger partial charge in [-0.2, -0.15) is 0 Å². The summed E-state index contributed by atoms with van der Waals surface area (Å²) < 4.78 is 13.1. The van der Waals surface area contributed by atoms with Crippen LogP contribution in [0.15, 0.2) is 22.7 Å². The minimum atomic E-state index is -0.366. The number of rotatable bonds is 3. The predicted molar refractivity (Wildman–Crippen MR) is 53.8 cm³/mol. The molecule has 70 valence electrons. The van der Waals surface area contributed by atoms with Crippen LogP contribution in [0.5, 0.6) is 0 Å². The predicted octanol–water partition coefficient (Wildman–Crippen LogP) is 3.40. The van der Waals surface area contributed by atoms with Gasteiger partial charge in [-0.3, -0.25) is 4.79 Å². The second-order valence-corrected chi connectivity index (χ2v) is 3.72. The summed E-state index contributed by atoms with van der Waals surface area (Å²) in [5.41, 5.74) is 0.474. The average molecular weight is 266 g/mol. The van der Waals surface area contributed by atoms with Crippen molar-refractivity contribution in [3.8, 4) is 0 Å². The second kappa shape index (κ2) is 4.72. The summed E-state index contributed by atoms with van der Waals surface area (Å²) >= 11 is 8.53. The van der Waals surface area contributed by atoms with E-state index >= 15 is 0 Å². The number of hydrogen-bond acceptors (Lipinski definition) is 1. The fraction of sp³-hybridized carbons (Fsp3) is 0.222. The van der Waals surface area contributed by atoms with Crippen LogP contribution in [0.25, 0.3) is 0 Å². The molecule has 0 spiro atoms. The Balaban J connectivity index is 2.95. The van der Waals surface area contributed by atoms with Gasteiger partial charge in [0.1, 0.15) is 5.82 Å². The molecule has 1 aromatic carbocycles. The SMILES string of the molecule is O=C(CCCl)c1ccc(F)cc1Br. The summed E-state index contributed by atoms with van der Waals surface area (Å²) in [5.74, 6) is -0.168. The van der Waals surface area contributed by atoms with E-state index in [9.17, 15) is 9.18 Å². The second-order valence-electron chi connectivity index (χ2n) is 2.49. The van der Waals surface area contributed by atoms with Gasteiger partial charge in [0.25, 0.3) is 0 Å². The molecule has 0 aliphatic heterocycles. The van der Waals surface area contributed by atoms with Crippen molar-refractivity contribution in [1.29, 1.82) is 0 Å². The van der Waals surface area contributed by atoms with Crippen molar-refractivity contribution in [3.63, 3.8) is 0 Å². The van der Waals surface area contributed by atoms with E-state index in [-0.39, 0.29) is 23.9 Å². The molecule has 0 heterocycles. The topological polar surface area (TPSA) is 17.1 Å². The molecule has 4 heteroatoms. The van der Waals surface area contributed by atoms with Crippen LogP contribution < -0.4 is 0 Å². The summed E-state index contributed by atoms with van der Waals surface area (Å²) in [5, 5.41) is 0. The number of carbonyl (C=O) groups is 1. The summed E-state index contributed by atoms with van der Waals surface area (Å²) in [4.78, 5) is 11.3. The Labute approximate surface area is 89.0 Å². The van der Waals surface area contributed by atoms with Crippen LogP contribution in [0.4, 0.5) is 4.39 Å². The van der Waals surface area contributed by atoms with Crippen molar-refractivity contribution in [2.75, 3.05) is 5.88 Å². The molecule has 0 saturated heterocycles. The van der Waals surface area contributed by atoms with Crippen molar-refractivity contribution in [1.82, 2.24) is 0 Å². The van der Waals surface area contributed by atoms with E-state index in [2.05, 4.69) is 15.9 Å². The third kappa shape index (κ3) is 2.78. The highest BCUT2D eigenvalue weighted by atomic mass is 79.9. The molecule has 0 bridgehead atoms. The van der Waals surface area contributed by atoms with E-state index in [1.807, 2.05) is 0 Å². The number of hydrogen-bond donors (Lipinski definition) is 0. The maximum absolute atomic E-state index is 12.6.